The van der Waals surface area contributed by atoms with E-state index in [9.17, 15) is 14.4 Å². The lowest BCUT2D eigenvalue weighted by Gasteiger charge is -2.35. The monoisotopic (exact) mass is 463 g/mol. The van der Waals surface area contributed by atoms with E-state index >= 15 is 0 Å². The third kappa shape index (κ3) is 8.57. The van der Waals surface area contributed by atoms with Crippen molar-refractivity contribution in [3.8, 4) is 0 Å². The van der Waals surface area contributed by atoms with Crippen molar-refractivity contribution in [2.45, 2.75) is 71.7 Å². The van der Waals surface area contributed by atoms with Gasteiger partial charge in [-0.05, 0) is 65.7 Å². The molecule has 0 saturated carbocycles. The van der Waals surface area contributed by atoms with E-state index in [0.717, 1.165) is 5.56 Å². The van der Waals surface area contributed by atoms with E-state index in [1.54, 1.807) is 39.8 Å². The summed E-state index contributed by atoms with van der Waals surface area (Å²) in [5, 5.41) is 5.54. The van der Waals surface area contributed by atoms with Gasteiger partial charge in [0.2, 0.25) is 11.8 Å². The third-order valence-electron chi connectivity index (χ3n) is 4.32. The maximum absolute atomic E-state index is 13.5. The molecule has 2 unspecified atom stereocenters. The molecule has 178 valence electrons. The maximum atomic E-state index is 13.5. The molecule has 0 heterocycles. The van der Waals surface area contributed by atoms with Crippen molar-refractivity contribution >= 4 is 36.6 Å². The largest absolute Gasteiger partial charge is 0.444 e. The number of likely N-dealkylation sites (N-methyl/N-ethyl adjacent to an activating group) is 1. The Labute approximate surface area is 197 Å². The topological polar surface area (TPSA) is 87.7 Å². The van der Waals surface area contributed by atoms with E-state index in [0.29, 0.717) is 5.56 Å². The summed E-state index contributed by atoms with van der Waals surface area (Å²) in [6.07, 6.45) is 0.964. The number of carbonyl (C=O) groups excluding carboxylic acids is 3. The van der Waals surface area contributed by atoms with Gasteiger partial charge in [0, 0.05) is 17.8 Å². The van der Waals surface area contributed by atoms with Crippen LogP contribution in [0.15, 0.2) is 30.8 Å². The number of hydrogen-bond donors (Lipinski definition) is 3. The number of ether oxygens (including phenoxy) is 1. The standard InChI is InChI=1S/C24H37N3O4S/c1-9-16-12-11-13-17(14-16)19(20(28)26-23(3,4)5)27(10-2)21(29)18(15-32)25-22(30)31-24(6,7)8/h9,11-14,18-19,32H,1,10,15H2,2-8H3,(H,25,30)(H,26,28). The molecule has 2 atom stereocenters. The number of thiol groups is 1. The van der Waals surface area contributed by atoms with E-state index in [-0.39, 0.29) is 18.2 Å². The molecular weight excluding hydrogens is 426 g/mol. The van der Waals surface area contributed by atoms with Gasteiger partial charge in [0.1, 0.15) is 17.7 Å². The summed E-state index contributed by atoms with van der Waals surface area (Å²) >= 11 is 4.25. The normalized spacial score (nSPS) is 13.5. The van der Waals surface area contributed by atoms with E-state index in [1.807, 2.05) is 39.0 Å². The van der Waals surface area contributed by atoms with Crippen LogP contribution < -0.4 is 10.6 Å². The molecule has 1 rings (SSSR count). The first-order chi connectivity index (χ1) is 14.7. The number of carbonyl (C=O) groups is 3. The fourth-order valence-electron chi connectivity index (χ4n) is 3.07. The number of benzene rings is 1. The molecule has 0 radical (unpaired) electrons. The first-order valence-electron chi connectivity index (χ1n) is 10.7. The second-order valence-electron chi connectivity index (χ2n) is 9.52. The van der Waals surface area contributed by atoms with Gasteiger partial charge in [-0.1, -0.05) is 30.9 Å². The van der Waals surface area contributed by atoms with Gasteiger partial charge in [-0.25, -0.2) is 4.79 Å². The highest BCUT2D eigenvalue weighted by atomic mass is 32.1. The summed E-state index contributed by atoms with van der Waals surface area (Å²) < 4.78 is 5.28. The molecule has 8 heteroatoms. The molecule has 1 aromatic rings. The van der Waals surface area contributed by atoms with Gasteiger partial charge in [-0.3, -0.25) is 9.59 Å². The van der Waals surface area contributed by atoms with Crippen LogP contribution >= 0.6 is 12.6 Å². The van der Waals surface area contributed by atoms with Crippen molar-refractivity contribution in [1.82, 2.24) is 15.5 Å². The average molecular weight is 464 g/mol. The van der Waals surface area contributed by atoms with Crippen molar-refractivity contribution in [1.29, 1.82) is 0 Å². The number of alkyl carbamates (subject to hydrolysis) is 1. The van der Waals surface area contributed by atoms with E-state index < -0.39 is 35.2 Å². The SMILES string of the molecule is C=Cc1cccc(C(C(=O)NC(C)(C)C)N(CC)C(=O)C(CS)NC(=O)OC(C)(C)C)c1. The van der Waals surface area contributed by atoms with Crippen LogP contribution in [0.5, 0.6) is 0 Å². The predicted octanol–water partition coefficient (Wildman–Crippen LogP) is 3.96. The Morgan fingerprint density at radius 1 is 1.19 bits per heavy atom. The first-order valence-corrected chi connectivity index (χ1v) is 11.3. The van der Waals surface area contributed by atoms with Gasteiger partial charge >= 0.3 is 6.09 Å². The Kier molecular flexibility index (Phi) is 9.82. The Morgan fingerprint density at radius 3 is 2.28 bits per heavy atom. The van der Waals surface area contributed by atoms with Crippen LogP contribution in [0.3, 0.4) is 0 Å². The highest BCUT2D eigenvalue weighted by Crippen LogP contribution is 2.25. The highest BCUT2D eigenvalue weighted by molar-refractivity contribution is 7.80. The predicted molar refractivity (Wildman–Crippen MR) is 132 cm³/mol. The van der Waals surface area contributed by atoms with Crippen molar-refractivity contribution in [3.05, 3.63) is 42.0 Å². The Morgan fingerprint density at radius 2 is 1.81 bits per heavy atom. The summed E-state index contributed by atoms with van der Waals surface area (Å²) in [5.41, 5.74) is 0.275. The molecule has 0 fully saturated rings. The molecule has 2 N–H and O–H groups in total. The third-order valence-corrected chi connectivity index (χ3v) is 4.68. The molecule has 0 aliphatic heterocycles. The Balaban J connectivity index is 3.33. The van der Waals surface area contributed by atoms with Gasteiger partial charge in [0.25, 0.3) is 0 Å². The minimum Gasteiger partial charge on any atom is -0.444 e. The maximum Gasteiger partial charge on any atom is 0.408 e. The molecule has 0 aliphatic rings. The number of nitrogens with zero attached hydrogens (tertiary/aromatic N) is 1. The van der Waals surface area contributed by atoms with Crippen LogP contribution in [-0.4, -0.2) is 52.3 Å². The van der Waals surface area contributed by atoms with Crippen LogP contribution in [0, 0.1) is 0 Å². The van der Waals surface area contributed by atoms with Gasteiger partial charge in [-0.2, -0.15) is 12.6 Å². The van der Waals surface area contributed by atoms with E-state index in [4.69, 9.17) is 4.74 Å². The second-order valence-corrected chi connectivity index (χ2v) is 9.89. The van der Waals surface area contributed by atoms with Gasteiger partial charge < -0.3 is 20.3 Å². The number of hydrogen-bond acceptors (Lipinski definition) is 5. The van der Waals surface area contributed by atoms with Crippen molar-refractivity contribution in [3.63, 3.8) is 0 Å². The summed E-state index contributed by atoms with van der Waals surface area (Å²) in [5.74, 6) is -0.690. The zero-order chi connectivity index (χ0) is 24.7. The molecule has 7 nitrogen and oxygen atoms in total. The molecule has 0 aromatic heterocycles. The summed E-state index contributed by atoms with van der Waals surface area (Å²) in [6.45, 7) is 16.7. The minimum atomic E-state index is -0.958. The van der Waals surface area contributed by atoms with Crippen LogP contribution in [0.2, 0.25) is 0 Å². The van der Waals surface area contributed by atoms with Crippen LogP contribution in [0.4, 0.5) is 4.79 Å². The zero-order valence-corrected chi connectivity index (χ0v) is 21.1. The molecular formula is C24H37N3O4S. The lowest BCUT2D eigenvalue weighted by Crippen LogP contribution is -2.55. The molecule has 3 amide bonds. The fraction of sp³-hybridized carbons (Fsp3) is 0.542. The summed E-state index contributed by atoms with van der Waals surface area (Å²) in [4.78, 5) is 40.5. The molecule has 0 bridgehead atoms. The summed E-state index contributed by atoms with van der Waals surface area (Å²) in [7, 11) is 0. The average Bonchev–Trinajstić information content (AvgIpc) is 2.66. The van der Waals surface area contributed by atoms with E-state index in [1.165, 1.54) is 4.90 Å². The quantitative estimate of drug-likeness (QED) is 0.509. The van der Waals surface area contributed by atoms with Crippen molar-refractivity contribution < 1.29 is 19.1 Å². The van der Waals surface area contributed by atoms with Crippen LogP contribution in [-0.2, 0) is 14.3 Å². The smallest absolute Gasteiger partial charge is 0.408 e. The van der Waals surface area contributed by atoms with Gasteiger partial charge in [0.15, 0.2) is 0 Å². The second kappa shape index (κ2) is 11.4. The minimum absolute atomic E-state index is 0.0505. The Bertz CT molecular complexity index is 827. The Hall–Kier alpha value is -2.48. The molecule has 0 saturated heterocycles. The molecule has 0 spiro atoms. The van der Waals surface area contributed by atoms with E-state index in [2.05, 4.69) is 29.8 Å². The van der Waals surface area contributed by atoms with Crippen molar-refractivity contribution in [2.24, 2.45) is 0 Å². The fourth-order valence-corrected chi connectivity index (χ4v) is 3.32. The van der Waals surface area contributed by atoms with Gasteiger partial charge in [-0.15, -0.1) is 0 Å². The van der Waals surface area contributed by atoms with Crippen LogP contribution in [0.25, 0.3) is 6.08 Å². The lowest BCUT2D eigenvalue weighted by molar-refractivity contribution is -0.142. The number of rotatable bonds is 8. The lowest BCUT2D eigenvalue weighted by atomic mass is 9.99. The van der Waals surface area contributed by atoms with Crippen LogP contribution in [0.1, 0.15) is 65.6 Å². The number of nitrogens with one attached hydrogen (secondary N) is 2. The molecule has 32 heavy (non-hydrogen) atoms. The molecule has 0 aliphatic carbocycles. The molecule has 1 aromatic carbocycles. The zero-order valence-electron chi connectivity index (χ0n) is 20.2. The first kappa shape index (κ1) is 27.6. The summed E-state index contributed by atoms with van der Waals surface area (Å²) in [6, 6.07) is 5.46. The van der Waals surface area contributed by atoms with Gasteiger partial charge in [0.05, 0.1) is 0 Å². The number of amides is 3. The van der Waals surface area contributed by atoms with Crippen molar-refractivity contribution in [2.75, 3.05) is 12.3 Å². The highest BCUT2D eigenvalue weighted by Gasteiger charge is 2.36.